The van der Waals surface area contributed by atoms with Gasteiger partial charge in [-0.15, -0.1) is 0 Å². The minimum Gasteiger partial charge on any atom is -0.481 e. The molecule has 0 spiro atoms. The molecule has 2 N–H and O–H groups in total. The second-order valence-electron chi connectivity index (χ2n) is 9.49. The standard InChI is InChI=1S/C29H31ClN2O6/c1-3-4-8-24(32-16-18(2)11-21(29(32)36)12-19-6-5-7-22(30)13-19)28(35)31-23(15-27(33)34)20-9-10-25-26(14-20)38-17-37-25/h5-7,9-11,13-14,16,23-24H,3-4,8,12,15,17H2,1-2H3,(H,31,35)(H,33,34). The molecule has 8 nitrogen and oxygen atoms in total. The molecular formula is C29H31ClN2O6. The number of unbranched alkanes of at least 4 members (excludes halogenated alkanes) is 1. The summed E-state index contributed by atoms with van der Waals surface area (Å²) in [6.45, 7) is 3.98. The number of carbonyl (C=O) groups is 2. The van der Waals surface area contributed by atoms with Gasteiger partial charge in [-0.2, -0.15) is 0 Å². The predicted octanol–water partition coefficient (Wildman–Crippen LogP) is 5.19. The smallest absolute Gasteiger partial charge is 0.305 e. The van der Waals surface area contributed by atoms with Crippen LogP contribution < -0.4 is 20.3 Å². The molecule has 2 atom stereocenters. The molecule has 0 aliphatic carbocycles. The van der Waals surface area contributed by atoms with Crippen LogP contribution in [0.15, 0.2) is 59.5 Å². The van der Waals surface area contributed by atoms with Crippen LogP contribution in [-0.2, 0) is 16.0 Å². The van der Waals surface area contributed by atoms with Gasteiger partial charge in [0.1, 0.15) is 6.04 Å². The van der Waals surface area contributed by atoms with Crippen LogP contribution in [0.4, 0.5) is 0 Å². The first-order chi connectivity index (χ1) is 18.2. The number of carboxylic acid groups (broad SMARTS) is 1. The summed E-state index contributed by atoms with van der Waals surface area (Å²) in [6.07, 6.45) is 3.73. The maximum absolute atomic E-state index is 13.7. The highest BCUT2D eigenvalue weighted by molar-refractivity contribution is 6.30. The van der Waals surface area contributed by atoms with Gasteiger partial charge in [0.25, 0.3) is 5.56 Å². The first kappa shape index (κ1) is 27.3. The van der Waals surface area contributed by atoms with E-state index < -0.39 is 24.0 Å². The van der Waals surface area contributed by atoms with Crippen LogP contribution in [0.1, 0.15) is 66.9 Å². The molecule has 3 aromatic rings. The van der Waals surface area contributed by atoms with Crippen LogP contribution >= 0.6 is 11.6 Å². The van der Waals surface area contributed by atoms with Gasteiger partial charge in [0.2, 0.25) is 12.7 Å². The Labute approximate surface area is 226 Å². The Morgan fingerprint density at radius 1 is 1.13 bits per heavy atom. The van der Waals surface area contributed by atoms with E-state index in [4.69, 9.17) is 21.1 Å². The quantitative estimate of drug-likeness (QED) is 0.348. The Morgan fingerprint density at radius 2 is 1.92 bits per heavy atom. The third-order valence-corrected chi connectivity index (χ3v) is 6.74. The van der Waals surface area contributed by atoms with Crippen molar-refractivity contribution in [3.63, 3.8) is 0 Å². The van der Waals surface area contributed by atoms with Crippen molar-refractivity contribution in [1.82, 2.24) is 9.88 Å². The number of rotatable bonds is 11. The van der Waals surface area contributed by atoms with Crippen LogP contribution in [0.3, 0.4) is 0 Å². The van der Waals surface area contributed by atoms with E-state index in [-0.39, 0.29) is 18.8 Å². The van der Waals surface area contributed by atoms with Gasteiger partial charge in [0.15, 0.2) is 11.5 Å². The number of carboxylic acids is 1. The Morgan fingerprint density at radius 3 is 2.66 bits per heavy atom. The largest absolute Gasteiger partial charge is 0.481 e. The molecule has 1 aliphatic heterocycles. The lowest BCUT2D eigenvalue weighted by atomic mass is 10.0. The number of halogens is 1. The number of amides is 1. The number of nitrogens with zero attached hydrogens (tertiary/aromatic N) is 1. The van der Waals surface area contributed by atoms with E-state index in [1.807, 2.05) is 38.1 Å². The van der Waals surface area contributed by atoms with E-state index in [1.165, 1.54) is 4.57 Å². The first-order valence-electron chi connectivity index (χ1n) is 12.6. The Bertz CT molecular complexity index is 1390. The third-order valence-electron chi connectivity index (χ3n) is 6.50. The SMILES string of the molecule is CCCCC(C(=O)NC(CC(=O)O)c1ccc2c(c1)OCO2)n1cc(C)cc(Cc2cccc(Cl)c2)c1=O. The van der Waals surface area contributed by atoms with E-state index >= 15 is 0 Å². The number of pyridine rings is 1. The highest BCUT2D eigenvalue weighted by Gasteiger charge is 2.27. The fourth-order valence-corrected chi connectivity index (χ4v) is 4.87. The lowest BCUT2D eigenvalue weighted by molar-refractivity contribution is -0.138. The van der Waals surface area contributed by atoms with Crippen molar-refractivity contribution in [2.45, 2.75) is 58.0 Å². The molecular weight excluding hydrogens is 508 g/mol. The number of nitrogens with one attached hydrogen (secondary N) is 1. The van der Waals surface area contributed by atoms with Crippen LogP contribution in [-0.4, -0.2) is 28.3 Å². The van der Waals surface area contributed by atoms with Gasteiger partial charge in [-0.05, 0) is 60.4 Å². The fourth-order valence-electron chi connectivity index (χ4n) is 4.66. The molecule has 0 bridgehead atoms. The second-order valence-corrected chi connectivity index (χ2v) is 9.93. The molecule has 2 heterocycles. The van der Waals surface area contributed by atoms with E-state index in [1.54, 1.807) is 30.5 Å². The van der Waals surface area contributed by atoms with Crippen molar-refractivity contribution in [3.05, 3.63) is 92.4 Å². The van der Waals surface area contributed by atoms with E-state index in [9.17, 15) is 19.5 Å². The average Bonchev–Trinajstić information content (AvgIpc) is 3.34. The van der Waals surface area contributed by atoms with Crippen molar-refractivity contribution in [2.24, 2.45) is 0 Å². The summed E-state index contributed by atoms with van der Waals surface area (Å²) < 4.78 is 12.3. The molecule has 2 aromatic carbocycles. The minimum atomic E-state index is -1.06. The first-order valence-corrected chi connectivity index (χ1v) is 13.0. The number of aliphatic carboxylic acids is 1. The summed E-state index contributed by atoms with van der Waals surface area (Å²) in [6, 6.07) is 12.6. The summed E-state index contributed by atoms with van der Waals surface area (Å²) >= 11 is 6.14. The molecule has 200 valence electrons. The Hall–Kier alpha value is -3.78. The summed E-state index contributed by atoms with van der Waals surface area (Å²) in [4.78, 5) is 39.0. The van der Waals surface area contributed by atoms with Gasteiger partial charge in [0, 0.05) is 23.2 Å². The van der Waals surface area contributed by atoms with Crippen LogP contribution in [0.5, 0.6) is 11.5 Å². The highest BCUT2D eigenvalue weighted by Crippen LogP contribution is 2.35. The topological polar surface area (TPSA) is 107 Å². The maximum atomic E-state index is 13.7. The zero-order valence-electron chi connectivity index (χ0n) is 21.4. The van der Waals surface area contributed by atoms with Crippen molar-refractivity contribution in [3.8, 4) is 11.5 Å². The van der Waals surface area contributed by atoms with Crippen molar-refractivity contribution >= 4 is 23.5 Å². The molecule has 4 rings (SSSR count). The number of aromatic nitrogens is 1. The maximum Gasteiger partial charge on any atom is 0.305 e. The Kier molecular flexibility index (Phi) is 8.73. The summed E-state index contributed by atoms with van der Waals surface area (Å²) in [5.41, 5.74) is 2.61. The molecule has 0 saturated heterocycles. The van der Waals surface area contributed by atoms with Gasteiger partial charge in [-0.1, -0.05) is 49.6 Å². The summed E-state index contributed by atoms with van der Waals surface area (Å²) in [7, 11) is 0. The number of fused-ring (bicyclic) bond motifs is 1. The molecule has 0 saturated carbocycles. The van der Waals surface area contributed by atoms with Crippen LogP contribution in [0, 0.1) is 6.92 Å². The fraction of sp³-hybridized carbons (Fsp3) is 0.345. The van der Waals surface area contributed by atoms with E-state index in [0.717, 1.165) is 24.0 Å². The van der Waals surface area contributed by atoms with Gasteiger partial charge in [0.05, 0.1) is 12.5 Å². The zero-order valence-corrected chi connectivity index (χ0v) is 22.2. The van der Waals surface area contributed by atoms with Gasteiger partial charge >= 0.3 is 5.97 Å². The highest BCUT2D eigenvalue weighted by atomic mass is 35.5. The van der Waals surface area contributed by atoms with Crippen molar-refractivity contribution in [1.29, 1.82) is 0 Å². The number of benzene rings is 2. The van der Waals surface area contributed by atoms with Gasteiger partial charge in [-0.25, -0.2) is 0 Å². The van der Waals surface area contributed by atoms with Crippen LogP contribution in [0.2, 0.25) is 5.02 Å². The zero-order chi connectivity index (χ0) is 27.2. The van der Waals surface area contributed by atoms with Crippen molar-refractivity contribution < 1.29 is 24.2 Å². The van der Waals surface area contributed by atoms with Gasteiger partial charge < -0.3 is 24.5 Å². The summed E-state index contributed by atoms with van der Waals surface area (Å²) in [5.74, 6) is -0.415. The minimum absolute atomic E-state index is 0.0850. The van der Waals surface area contributed by atoms with Gasteiger partial charge in [-0.3, -0.25) is 14.4 Å². The third kappa shape index (κ3) is 6.55. The van der Waals surface area contributed by atoms with E-state index in [0.29, 0.717) is 40.5 Å². The lowest BCUT2D eigenvalue weighted by Crippen LogP contribution is -2.40. The molecule has 0 fully saturated rings. The predicted molar refractivity (Wildman–Crippen MR) is 144 cm³/mol. The molecule has 38 heavy (non-hydrogen) atoms. The molecule has 1 aromatic heterocycles. The number of hydrogen-bond donors (Lipinski definition) is 2. The normalized spacial score (nSPS) is 13.7. The van der Waals surface area contributed by atoms with Crippen molar-refractivity contribution in [2.75, 3.05) is 6.79 Å². The molecule has 1 amide bonds. The molecule has 9 heteroatoms. The molecule has 2 unspecified atom stereocenters. The Balaban J connectivity index is 1.66. The number of hydrogen-bond acceptors (Lipinski definition) is 5. The summed E-state index contributed by atoms with van der Waals surface area (Å²) in [5, 5.41) is 13.0. The number of ether oxygens (including phenoxy) is 2. The molecule has 1 aliphatic rings. The monoisotopic (exact) mass is 538 g/mol. The van der Waals surface area contributed by atoms with E-state index in [2.05, 4.69) is 5.32 Å². The average molecular weight is 539 g/mol. The second kappa shape index (κ2) is 12.2. The van der Waals surface area contributed by atoms with Crippen LogP contribution in [0.25, 0.3) is 0 Å². The molecule has 0 radical (unpaired) electrons. The number of aryl methyl sites for hydroxylation is 1. The lowest BCUT2D eigenvalue weighted by Gasteiger charge is -2.25. The number of carbonyl (C=O) groups excluding carboxylic acids is 1.